The number of anilines is 1. The lowest BCUT2D eigenvalue weighted by molar-refractivity contribution is -0.121. The molecule has 1 aliphatic rings. The van der Waals surface area contributed by atoms with Crippen molar-refractivity contribution in [2.45, 2.75) is 13.2 Å². The van der Waals surface area contributed by atoms with Crippen molar-refractivity contribution in [2.75, 3.05) is 33.2 Å². The Morgan fingerprint density at radius 2 is 2.32 bits per heavy atom. The lowest BCUT2D eigenvalue weighted by atomic mass is 10.1. The minimum absolute atomic E-state index is 0.0236. The van der Waals surface area contributed by atoms with Gasteiger partial charge >= 0.3 is 0 Å². The van der Waals surface area contributed by atoms with Crippen LogP contribution in [-0.4, -0.2) is 38.2 Å². The van der Waals surface area contributed by atoms with Gasteiger partial charge in [-0.3, -0.25) is 9.69 Å². The molecule has 1 aromatic rings. The number of fused-ring (bicyclic) bond motifs is 1. The van der Waals surface area contributed by atoms with Crippen LogP contribution in [0.15, 0.2) is 12.1 Å². The van der Waals surface area contributed by atoms with Crippen molar-refractivity contribution in [1.82, 2.24) is 10.2 Å². The molecular formula is C13H19N3O3. The molecule has 1 amide bonds. The summed E-state index contributed by atoms with van der Waals surface area (Å²) in [7, 11) is 3.50. The number of hydrogen-bond acceptors (Lipinski definition) is 5. The first-order valence-electron chi connectivity index (χ1n) is 6.11. The number of amides is 1. The van der Waals surface area contributed by atoms with Crippen molar-refractivity contribution in [1.29, 1.82) is 0 Å². The number of nitrogen functional groups attached to an aromatic ring is 1. The van der Waals surface area contributed by atoms with Crippen molar-refractivity contribution in [3.05, 3.63) is 23.3 Å². The summed E-state index contributed by atoms with van der Waals surface area (Å²) in [6.45, 7) is 1.69. The van der Waals surface area contributed by atoms with E-state index in [4.69, 9.17) is 15.2 Å². The van der Waals surface area contributed by atoms with Crippen LogP contribution in [0.4, 0.5) is 5.69 Å². The number of likely N-dealkylation sites (N-methyl/N-ethyl adjacent to an activating group) is 2. The van der Waals surface area contributed by atoms with Gasteiger partial charge in [0.15, 0.2) is 6.79 Å². The van der Waals surface area contributed by atoms with Gasteiger partial charge in [0, 0.05) is 30.4 Å². The van der Waals surface area contributed by atoms with E-state index in [9.17, 15) is 4.79 Å². The standard InChI is InChI=1S/C13H19N3O3/c1-15-12(17)6-16(2)5-9-3-11(14)4-10-7-18-8-19-13(9)10/h3-4H,5-8,14H2,1-2H3,(H,15,17). The lowest BCUT2D eigenvalue weighted by Gasteiger charge is -2.23. The van der Waals surface area contributed by atoms with Gasteiger partial charge in [0.05, 0.1) is 13.2 Å². The molecule has 0 unspecified atom stereocenters. The van der Waals surface area contributed by atoms with E-state index in [1.807, 2.05) is 24.1 Å². The van der Waals surface area contributed by atoms with E-state index in [-0.39, 0.29) is 12.7 Å². The summed E-state index contributed by atoms with van der Waals surface area (Å²) < 4.78 is 10.8. The first-order valence-corrected chi connectivity index (χ1v) is 6.11. The van der Waals surface area contributed by atoms with E-state index in [0.717, 1.165) is 16.9 Å². The van der Waals surface area contributed by atoms with Crippen LogP contribution in [0.2, 0.25) is 0 Å². The van der Waals surface area contributed by atoms with Gasteiger partial charge in [-0.2, -0.15) is 0 Å². The second-order valence-corrected chi connectivity index (χ2v) is 4.62. The third-order valence-electron chi connectivity index (χ3n) is 2.94. The number of nitrogens with two attached hydrogens (primary N) is 1. The second-order valence-electron chi connectivity index (χ2n) is 4.62. The van der Waals surface area contributed by atoms with Crippen LogP contribution in [0.3, 0.4) is 0 Å². The molecule has 0 aliphatic carbocycles. The highest BCUT2D eigenvalue weighted by atomic mass is 16.7. The molecule has 0 fully saturated rings. The number of nitrogens with zero attached hydrogens (tertiary/aromatic N) is 1. The van der Waals surface area contributed by atoms with E-state index >= 15 is 0 Å². The Hall–Kier alpha value is -1.79. The molecular weight excluding hydrogens is 246 g/mol. The first kappa shape index (κ1) is 13.6. The highest BCUT2D eigenvalue weighted by Gasteiger charge is 2.17. The monoisotopic (exact) mass is 265 g/mol. The van der Waals surface area contributed by atoms with Crippen molar-refractivity contribution in [3.63, 3.8) is 0 Å². The third-order valence-corrected chi connectivity index (χ3v) is 2.94. The summed E-state index contributed by atoms with van der Waals surface area (Å²) in [5, 5.41) is 2.60. The van der Waals surface area contributed by atoms with E-state index in [1.165, 1.54) is 0 Å². The van der Waals surface area contributed by atoms with E-state index in [1.54, 1.807) is 7.05 Å². The van der Waals surface area contributed by atoms with Gasteiger partial charge in [0.25, 0.3) is 0 Å². The second kappa shape index (κ2) is 5.90. The Morgan fingerprint density at radius 3 is 3.05 bits per heavy atom. The third kappa shape index (κ3) is 3.36. The van der Waals surface area contributed by atoms with E-state index in [0.29, 0.717) is 25.4 Å². The van der Waals surface area contributed by atoms with Gasteiger partial charge in [-0.25, -0.2) is 0 Å². The Kier molecular flexibility index (Phi) is 4.24. The fraction of sp³-hybridized carbons (Fsp3) is 0.462. The largest absolute Gasteiger partial charge is 0.467 e. The van der Waals surface area contributed by atoms with Crippen LogP contribution in [0.1, 0.15) is 11.1 Å². The maximum Gasteiger partial charge on any atom is 0.233 e. The normalized spacial score (nSPS) is 13.8. The van der Waals surface area contributed by atoms with E-state index < -0.39 is 0 Å². The molecule has 0 aromatic heterocycles. The Labute approximate surface area is 112 Å². The number of carbonyl (C=O) groups is 1. The quantitative estimate of drug-likeness (QED) is 0.766. The van der Waals surface area contributed by atoms with E-state index in [2.05, 4.69) is 5.32 Å². The number of rotatable bonds is 4. The fourth-order valence-electron chi connectivity index (χ4n) is 2.11. The number of hydrogen-bond donors (Lipinski definition) is 2. The SMILES string of the molecule is CNC(=O)CN(C)Cc1cc(N)cc2c1OCOC2. The number of benzene rings is 1. The van der Waals surface area contributed by atoms with Gasteiger partial charge in [-0.1, -0.05) is 0 Å². The Bertz CT molecular complexity index is 476. The highest BCUT2D eigenvalue weighted by Crippen LogP contribution is 2.31. The number of carbonyl (C=O) groups excluding carboxylic acids is 1. The van der Waals surface area contributed by atoms with Gasteiger partial charge < -0.3 is 20.5 Å². The molecule has 0 saturated heterocycles. The zero-order valence-corrected chi connectivity index (χ0v) is 11.2. The molecule has 3 N–H and O–H groups in total. The van der Waals surface area contributed by atoms with Gasteiger partial charge in [0.2, 0.25) is 5.91 Å². The van der Waals surface area contributed by atoms with Crippen molar-refractivity contribution in [3.8, 4) is 5.75 Å². The predicted octanol–water partition coefficient (Wildman–Crippen LogP) is 0.313. The molecule has 0 radical (unpaired) electrons. The molecule has 6 heteroatoms. The zero-order chi connectivity index (χ0) is 13.8. The highest BCUT2D eigenvalue weighted by molar-refractivity contribution is 5.77. The van der Waals surface area contributed by atoms with Crippen molar-refractivity contribution < 1.29 is 14.3 Å². The summed E-state index contributed by atoms with van der Waals surface area (Å²) in [4.78, 5) is 13.2. The predicted molar refractivity (Wildman–Crippen MR) is 71.5 cm³/mol. The molecule has 0 spiro atoms. The molecule has 6 nitrogen and oxygen atoms in total. The van der Waals surface area contributed by atoms with Crippen LogP contribution in [0.25, 0.3) is 0 Å². The van der Waals surface area contributed by atoms with Gasteiger partial charge in [0.1, 0.15) is 5.75 Å². The summed E-state index contributed by atoms with van der Waals surface area (Å²) >= 11 is 0. The number of nitrogens with one attached hydrogen (secondary N) is 1. The van der Waals surface area contributed by atoms with Crippen molar-refractivity contribution in [2.24, 2.45) is 0 Å². The molecule has 1 heterocycles. The summed E-state index contributed by atoms with van der Waals surface area (Å²) in [5.41, 5.74) is 8.48. The molecule has 0 bridgehead atoms. The van der Waals surface area contributed by atoms with Crippen LogP contribution < -0.4 is 15.8 Å². The molecule has 2 rings (SSSR count). The topological polar surface area (TPSA) is 76.8 Å². The zero-order valence-electron chi connectivity index (χ0n) is 11.2. The fourth-order valence-corrected chi connectivity index (χ4v) is 2.11. The maximum atomic E-state index is 11.3. The molecule has 1 aliphatic heterocycles. The average Bonchev–Trinajstić information content (AvgIpc) is 2.38. The van der Waals surface area contributed by atoms with Crippen molar-refractivity contribution >= 4 is 11.6 Å². The summed E-state index contributed by atoms with van der Waals surface area (Å²) in [6.07, 6.45) is 0. The summed E-state index contributed by atoms with van der Waals surface area (Å²) in [5.74, 6) is 0.800. The molecule has 1 aromatic carbocycles. The maximum absolute atomic E-state index is 11.3. The smallest absolute Gasteiger partial charge is 0.233 e. The molecule has 0 atom stereocenters. The first-order chi connectivity index (χ1) is 9.10. The van der Waals surface area contributed by atoms with Crippen LogP contribution in [0.5, 0.6) is 5.75 Å². The minimum atomic E-state index is -0.0236. The summed E-state index contributed by atoms with van der Waals surface area (Å²) in [6, 6.07) is 3.74. The Balaban J connectivity index is 2.15. The van der Waals surface area contributed by atoms with Crippen LogP contribution in [-0.2, 0) is 22.7 Å². The lowest BCUT2D eigenvalue weighted by Crippen LogP contribution is -2.32. The molecule has 19 heavy (non-hydrogen) atoms. The molecule has 104 valence electrons. The van der Waals surface area contributed by atoms with Gasteiger partial charge in [-0.05, 0) is 19.2 Å². The van der Waals surface area contributed by atoms with Gasteiger partial charge in [-0.15, -0.1) is 0 Å². The minimum Gasteiger partial charge on any atom is -0.467 e. The van der Waals surface area contributed by atoms with Crippen LogP contribution >= 0.6 is 0 Å². The Morgan fingerprint density at radius 1 is 1.53 bits per heavy atom. The molecule has 0 saturated carbocycles. The average molecular weight is 265 g/mol. The van der Waals surface area contributed by atoms with Crippen LogP contribution in [0, 0.1) is 0 Å². The number of ether oxygens (including phenoxy) is 2.